The molecule has 2 nitrogen and oxygen atoms in total. The van der Waals surface area contributed by atoms with Crippen LogP contribution in [-0.4, -0.2) is 10.9 Å². The predicted octanol–water partition coefficient (Wildman–Crippen LogP) is 3.02. The van der Waals surface area contributed by atoms with Crippen LogP contribution >= 0.6 is 11.8 Å². The van der Waals surface area contributed by atoms with Gasteiger partial charge in [0.05, 0.1) is 12.5 Å². The summed E-state index contributed by atoms with van der Waals surface area (Å²) in [5.74, 6) is 0. The van der Waals surface area contributed by atoms with E-state index in [2.05, 4.69) is 12.2 Å². The summed E-state index contributed by atoms with van der Waals surface area (Å²) in [6.07, 6.45) is 12.2. The Hall–Kier alpha value is -0.570. The molecule has 0 fully saturated rings. The molecule has 3 heteroatoms. The summed E-state index contributed by atoms with van der Waals surface area (Å²) in [5.41, 5.74) is 0.586. The SMILES string of the molecule is C1=COC(SC2CCC=CO2)CC1. The maximum atomic E-state index is 5.46. The highest BCUT2D eigenvalue weighted by Crippen LogP contribution is 2.30. The summed E-state index contributed by atoms with van der Waals surface area (Å²) in [6.45, 7) is 0. The second kappa shape index (κ2) is 4.61. The first-order valence-electron chi connectivity index (χ1n) is 4.71. The zero-order valence-corrected chi connectivity index (χ0v) is 8.33. The van der Waals surface area contributed by atoms with E-state index in [0.29, 0.717) is 10.9 Å². The van der Waals surface area contributed by atoms with Gasteiger partial charge in [-0.1, -0.05) is 11.8 Å². The maximum absolute atomic E-state index is 5.46. The van der Waals surface area contributed by atoms with E-state index in [1.165, 1.54) is 0 Å². The smallest absolute Gasteiger partial charge is 0.147 e. The van der Waals surface area contributed by atoms with Crippen molar-refractivity contribution in [3.8, 4) is 0 Å². The lowest BCUT2D eigenvalue weighted by Crippen LogP contribution is -2.16. The Morgan fingerprint density at radius 1 is 0.923 bits per heavy atom. The Morgan fingerprint density at radius 2 is 1.46 bits per heavy atom. The van der Waals surface area contributed by atoms with Gasteiger partial charge in [0.1, 0.15) is 10.9 Å². The highest BCUT2D eigenvalue weighted by Gasteiger charge is 2.19. The van der Waals surface area contributed by atoms with Crippen molar-refractivity contribution in [2.75, 3.05) is 0 Å². The lowest BCUT2D eigenvalue weighted by atomic mass is 10.3. The van der Waals surface area contributed by atoms with Crippen LogP contribution in [0.4, 0.5) is 0 Å². The van der Waals surface area contributed by atoms with Crippen molar-refractivity contribution in [1.82, 2.24) is 0 Å². The summed E-state index contributed by atoms with van der Waals surface area (Å²) in [7, 11) is 0. The van der Waals surface area contributed by atoms with E-state index in [0.717, 1.165) is 25.7 Å². The number of allylic oxidation sites excluding steroid dienone is 2. The minimum absolute atomic E-state index is 0.293. The van der Waals surface area contributed by atoms with E-state index in [4.69, 9.17) is 9.47 Å². The predicted molar refractivity (Wildman–Crippen MR) is 54.1 cm³/mol. The van der Waals surface area contributed by atoms with E-state index in [1.807, 2.05) is 0 Å². The fraction of sp³-hybridized carbons (Fsp3) is 0.600. The second-order valence-corrected chi connectivity index (χ2v) is 4.49. The maximum Gasteiger partial charge on any atom is 0.147 e. The average Bonchev–Trinajstić information content (AvgIpc) is 2.21. The van der Waals surface area contributed by atoms with Crippen LogP contribution in [0.1, 0.15) is 25.7 Å². The number of rotatable bonds is 2. The van der Waals surface area contributed by atoms with Crippen molar-refractivity contribution in [3.05, 3.63) is 24.7 Å². The van der Waals surface area contributed by atoms with Gasteiger partial charge in [-0.15, -0.1) is 0 Å². The first-order chi connectivity index (χ1) is 6.45. The van der Waals surface area contributed by atoms with Crippen molar-refractivity contribution in [3.63, 3.8) is 0 Å². The molecule has 72 valence electrons. The molecular weight excluding hydrogens is 184 g/mol. The van der Waals surface area contributed by atoms with Crippen LogP contribution < -0.4 is 0 Å². The van der Waals surface area contributed by atoms with Crippen LogP contribution in [-0.2, 0) is 9.47 Å². The molecule has 0 aromatic carbocycles. The van der Waals surface area contributed by atoms with Crippen molar-refractivity contribution < 1.29 is 9.47 Å². The van der Waals surface area contributed by atoms with Crippen LogP contribution in [0, 0.1) is 0 Å². The van der Waals surface area contributed by atoms with Crippen molar-refractivity contribution >= 4 is 11.8 Å². The zero-order valence-electron chi connectivity index (χ0n) is 7.52. The number of hydrogen-bond acceptors (Lipinski definition) is 3. The molecule has 13 heavy (non-hydrogen) atoms. The van der Waals surface area contributed by atoms with Gasteiger partial charge < -0.3 is 9.47 Å². The largest absolute Gasteiger partial charge is 0.488 e. The molecule has 0 saturated heterocycles. The molecule has 0 spiro atoms. The summed E-state index contributed by atoms with van der Waals surface area (Å²) in [4.78, 5) is 0. The fourth-order valence-electron chi connectivity index (χ4n) is 1.39. The Bertz CT molecular complexity index is 191. The molecule has 0 amide bonds. The van der Waals surface area contributed by atoms with E-state index in [-0.39, 0.29) is 0 Å². The van der Waals surface area contributed by atoms with Gasteiger partial charge in [0, 0.05) is 0 Å². The zero-order chi connectivity index (χ0) is 8.93. The third kappa shape index (κ3) is 2.69. The third-order valence-electron chi connectivity index (χ3n) is 2.09. The highest BCUT2D eigenvalue weighted by atomic mass is 32.2. The molecule has 2 rings (SSSR count). The normalized spacial score (nSPS) is 32.3. The molecule has 2 unspecified atom stereocenters. The molecule has 0 aromatic rings. The molecule has 0 aromatic heterocycles. The number of ether oxygens (including phenoxy) is 2. The van der Waals surface area contributed by atoms with Gasteiger partial charge in [0.15, 0.2) is 0 Å². The molecule has 2 atom stereocenters. The quantitative estimate of drug-likeness (QED) is 0.679. The van der Waals surface area contributed by atoms with Crippen molar-refractivity contribution in [1.29, 1.82) is 0 Å². The Kier molecular flexibility index (Phi) is 3.19. The lowest BCUT2D eigenvalue weighted by Gasteiger charge is -2.25. The highest BCUT2D eigenvalue weighted by molar-refractivity contribution is 8.00. The fourth-order valence-corrected chi connectivity index (χ4v) is 2.53. The Morgan fingerprint density at radius 3 is 1.85 bits per heavy atom. The van der Waals surface area contributed by atoms with E-state index < -0.39 is 0 Å². The van der Waals surface area contributed by atoms with Crippen LogP contribution in [0.3, 0.4) is 0 Å². The summed E-state index contributed by atoms with van der Waals surface area (Å²) in [6, 6.07) is 0. The van der Waals surface area contributed by atoms with E-state index in [1.54, 1.807) is 24.3 Å². The second-order valence-electron chi connectivity index (χ2n) is 3.17. The third-order valence-corrected chi connectivity index (χ3v) is 3.40. The number of hydrogen-bond donors (Lipinski definition) is 0. The monoisotopic (exact) mass is 198 g/mol. The van der Waals surface area contributed by atoms with Crippen LogP contribution in [0.2, 0.25) is 0 Å². The number of thioether (sulfide) groups is 1. The topological polar surface area (TPSA) is 18.5 Å². The molecular formula is C10H14O2S. The molecule has 0 N–H and O–H groups in total. The minimum Gasteiger partial charge on any atom is -0.488 e. The van der Waals surface area contributed by atoms with Gasteiger partial charge >= 0.3 is 0 Å². The molecule has 2 aliphatic rings. The van der Waals surface area contributed by atoms with Gasteiger partial charge in [-0.05, 0) is 37.8 Å². The van der Waals surface area contributed by atoms with Gasteiger partial charge in [-0.2, -0.15) is 0 Å². The molecule has 2 heterocycles. The van der Waals surface area contributed by atoms with Crippen LogP contribution in [0.5, 0.6) is 0 Å². The lowest BCUT2D eigenvalue weighted by molar-refractivity contribution is 0.175. The van der Waals surface area contributed by atoms with Crippen molar-refractivity contribution in [2.45, 2.75) is 36.6 Å². The standard InChI is InChI=1S/C10H14O2S/c1-3-7-11-9(5-1)13-10-6-2-4-8-12-10/h3-4,7-10H,1-2,5-6H2. The van der Waals surface area contributed by atoms with Gasteiger partial charge in [0.2, 0.25) is 0 Å². The molecule has 0 saturated carbocycles. The van der Waals surface area contributed by atoms with Crippen molar-refractivity contribution in [2.24, 2.45) is 0 Å². The Balaban J connectivity index is 1.76. The van der Waals surface area contributed by atoms with E-state index >= 15 is 0 Å². The summed E-state index contributed by atoms with van der Waals surface area (Å²) in [5, 5.41) is 0. The van der Waals surface area contributed by atoms with Gasteiger partial charge in [0.25, 0.3) is 0 Å². The van der Waals surface area contributed by atoms with E-state index in [9.17, 15) is 0 Å². The van der Waals surface area contributed by atoms with Gasteiger partial charge in [-0.3, -0.25) is 0 Å². The summed E-state index contributed by atoms with van der Waals surface area (Å²) >= 11 is 1.79. The summed E-state index contributed by atoms with van der Waals surface area (Å²) < 4.78 is 10.9. The Labute approximate surface area is 83.0 Å². The van der Waals surface area contributed by atoms with Crippen LogP contribution in [0.25, 0.3) is 0 Å². The molecule has 0 bridgehead atoms. The molecule has 0 radical (unpaired) electrons. The average molecular weight is 198 g/mol. The minimum atomic E-state index is 0.293. The molecule has 0 aliphatic carbocycles. The van der Waals surface area contributed by atoms with Crippen LogP contribution in [0.15, 0.2) is 24.7 Å². The molecule has 2 aliphatic heterocycles. The van der Waals surface area contributed by atoms with Gasteiger partial charge in [-0.25, -0.2) is 0 Å². The first-order valence-corrected chi connectivity index (χ1v) is 5.66. The first kappa shape index (κ1) is 9.00.